The van der Waals surface area contributed by atoms with Crippen molar-refractivity contribution in [1.82, 2.24) is 5.32 Å². The molecular formula is C22H27NO2. The summed E-state index contributed by atoms with van der Waals surface area (Å²) in [4.78, 5) is 12.7. The van der Waals surface area contributed by atoms with Gasteiger partial charge in [-0.3, -0.25) is 4.79 Å². The third-order valence-electron chi connectivity index (χ3n) is 4.81. The Labute approximate surface area is 150 Å². The number of fused-ring (bicyclic) bond motifs is 1. The molecule has 25 heavy (non-hydrogen) atoms. The molecule has 1 aliphatic heterocycles. The third-order valence-corrected chi connectivity index (χ3v) is 4.81. The highest BCUT2D eigenvalue weighted by molar-refractivity contribution is 5.79. The van der Waals surface area contributed by atoms with Gasteiger partial charge in [0, 0.05) is 12.0 Å². The molecule has 0 saturated carbocycles. The third kappa shape index (κ3) is 4.04. The Morgan fingerprint density at radius 2 is 1.80 bits per heavy atom. The molecule has 0 fully saturated rings. The summed E-state index contributed by atoms with van der Waals surface area (Å²) in [5.41, 5.74) is 5.43. The number of ether oxygens (including phenoxy) is 1. The summed E-state index contributed by atoms with van der Waals surface area (Å²) in [5.74, 6) is 0.931. The molecule has 2 aromatic carbocycles. The van der Waals surface area contributed by atoms with Crippen LogP contribution in [-0.4, -0.2) is 11.5 Å². The van der Waals surface area contributed by atoms with Crippen LogP contribution in [0.5, 0.6) is 5.75 Å². The SMILES string of the molecule is Cc1ccc(CC(=O)NC2CC(C)(C)Oc3ccc(C)cc32)c(C)c1. The van der Waals surface area contributed by atoms with E-state index in [-0.39, 0.29) is 17.6 Å². The number of rotatable bonds is 3. The van der Waals surface area contributed by atoms with Gasteiger partial charge in [0.15, 0.2) is 0 Å². The number of amides is 1. The standard InChI is InChI=1S/C22H27NO2/c1-14-6-8-17(16(3)10-14)12-21(24)23-19-13-22(4,5)25-20-9-7-15(2)11-18(19)20/h6-11,19H,12-13H2,1-5H3,(H,23,24). The summed E-state index contributed by atoms with van der Waals surface area (Å²) in [5, 5.41) is 3.23. The van der Waals surface area contributed by atoms with E-state index in [1.807, 2.05) is 6.07 Å². The number of hydrogen-bond donors (Lipinski definition) is 1. The van der Waals surface area contributed by atoms with Crippen LogP contribution < -0.4 is 10.1 Å². The second-order valence-electron chi connectivity index (χ2n) is 7.83. The van der Waals surface area contributed by atoms with Crippen LogP contribution in [0.2, 0.25) is 0 Å². The zero-order valence-corrected chi connectivity index (χ0v) is 15.8. The Morgan fingerprint density at radius 1 is 1.12 bits per heavy atom. The van der Waals surface area contributed by atoms with Gasteiger partial charge in [-0.1, -0.05) is 41.5 Å². The van der Waals surface area contributed by atoms with E-state index in [2.05, 4.69) is 70.3 Å². The van der Waals surface area contributed by atoms with Crippen molar-refractivity contribution in [3.63, 3.8) is 0 Å². The highest BCUT2D eigenvalue weighted by Gasteiger charge is 2.34. The molecule has 1 N–H and O–H groups in total. The molecule has 1 heterocycles. The van der Waals surface area contributed by atoms with E-state index in [0.717, 1.165) is 23.3 Å². The number of nitrogens with one attached hydrogen (secondary N) is 1. The molecule has 0 radical (unpaired) electrons. The molecule has 3 rings (SSSR count). The van der Waals surface area contributed by atoms with Crippen molar-refractivity contribution < 1.29 is 9.53 Å². The van der Waals surface area contributed by atoms with Crippen LogP contribution in [0.15, 0.2) is 36.4 Å². The van der Waals surface area contributed by atoms with Gasteiger partial charge in [0.2, 0.25) is 5.91 Å². The fourth-order valence-electron chi connectivity index (χ4n) is 3.57. The van der Waals surface area contributed by atoms with E-state index in [1.54, 1.807) is 0 Å². The molecule has 0 spiro atoms. The Morgan fingerprint density at radius 3 is 2.52 bits per heavy atom. The molecule has 0 saturated heterocycles. The minimum absolute atomic E-state index is 0.0168. The maximum Gasteiger partial charge on any atom is 0.224 e. The van der Waals surface area contributed by atoms with E-state index in [0.29, 0.717) is 6.42 Å². The lowest BCUT2D eigenvalue weighted by Crippen LogP contribution is -2.41. The Balaban J connectivity index is 1.80. The first-order valence-electron chi connectivity index (χ1n) is 8.88. The summed E-state index contributed by atoms with van der Waals surface area (Å²) in [7, 11) is 0. The number of carbonyl (C=O) groups is 1. The van der Waals surface area contributed by atoms with Gasteiger partial charge in [0.1, 0.15) is 11.4 Å². The van der Waals surface area contributed by atoms with E-state index >= 15 is 0 Å². The van der Waals surface area contributed by atoms with Crippen molar-refractivity contribution in [3.05, 3.63) is 64.2 Å². The summed E-state index contributed by atoms with van der Waals surface area (Å²) in [6.07, 6.45) is 1.17. The number of aryl methyl sites for hydroxylation is 3. The first-order valence-corrected chi connectivity index (χ1v) is 8.88. The molecule has 0 aliphatic carbocycles. The summed E-state index contributed by atoms with van der Waals surface area (Å²) < 4.78 is 6.09. The van der Waals surface area contributed by atoms with Crippen LogP contribution in [0.25, 0.3) is 0 Å². The molecule has 1 unspecified atom stereocenters. The normalized spacial score (nSPS) is 18.2. The lowest BCUT2D eigenvalue weighted by atomic mass is 9.88. The first kappa shape index (κ1) is 17.5. The average Bonchev–Trinajstić information content (AvgIpc) is 2.50. The van der Waals surface area contributed by atoms with Crippen molar-refractivity contribution in [2.75, 3.05) is 0 Å². The van der Waals surface area contributed by atoms with Crippen molar-refractivity contribution in [1.29, 1.82) is 0 Å². The highest BCUT2D eigenvalue weighted by Crippen LogP contribution is 2.39. The fraction of sp³-hybridized carbons (Fsp3) is 0.409. The van der Waals surface area contributed by atoms with Crippen molar-refractivity contribution in [2.45, 2.75) is 59.1 Å². The van der Waals surface area contributed by atoms with Gasteiger partial charge < -0.3 is 10.1 Å². The van der Waals surface area contributed by atoms with Gasteiger partial charge >= 0.3 is 0 Å². The molecule has 1 atom stereocenters. The largest absolute Gasteiger partial charge is 0.487 e. The van der Waals surface area contributed by atoms with E-state index in [4.69, 9.17) is 4.74 Å². The summed E-state index contributed by atoms with van der Waals surface area (Å²) in [6.45, 7) is 10.3. The van der Waals surface area contributed by atoms with E-state index in [9.17, 15) is 4.79 Å². The molecule has 132 valence electrons. The van der Waals surface area contributed by atoms with Gasteiger partial charge in [0.05, 0.1) is 12.5 Å². The molecule has 0 bridgehead atoms. The summed E-state index contributed by atoms with van der Waals surface area (Å²) in [6, 6.07) is 12.4. The number of benzene rings is 2. The quantitative estimate of drug-likeness (QED) is 0.891. The number of hydrogen-bond acceptors (Lipinski definition) is 2. The fourth-order valence-corrected chi connectivity index (χ4v) is 3.57. The van der Waals surface area contributed by atoms with Gasteiger partial charge in [-0.05, 0) is 51.8 Å². The van der Waals surface area contributed by atoms with Crippen LogP contribution in [0.4, 0.5) is 0 Å². The predicted octanol–water partition coefficient (Wildman–Crippen LogP) is 4.57. The lowest BCUT2D eigenvalue weighted by Gasteiger charge is -2.38. The lowest BCUT2D eigenvalue weighted by molar-refractivity contribution is -0.121. The molecular weight excluding hydrogens is 310 g/mol. The smallest absolute Gasteiger partial charge is 0.224 e. The van der Waals surface area contributed by atoms with Crippen LogP contribution >= 0.6 is 0 Å². The number of carbonyl (C=O) groups excluding carboxylic acids is 1. The molecule has 1 amide bonds. The predicted molar refractivity (Wildman–Crippen MR) is 101 cm³/mol. The molecule has 0 aromatic heterocycles. The zero-order chi connectivity index (χ0) is 18.2. The van der Waals surface area contributed by atoms with Crippen molar-refractivity contribution in [3.8, 4) is 5.75 Å². The Bertz CT molecular complexity index is 808. The van der Waals surface area contributed by atoms with Crippen molar-refractivity contribution in [2.24, 2.45) is 0 Å². The second-order valence-corrected chi connectivity index (χ2v) is 7.83. The van der Waals surface area contributed by atoms with Gasteiger partial charge in [0.25, 0.3) is 0 Å². The molecule has 2 aromatic rings. The molecule has 1 aliphatic rings. The average molecular weight is 337 g/mol. The van der Waals surface area contributed by atoms with Crippen LogP contribution in [0.3, 0.4) is 0 Å². The minimum atomic E-state index is -0.292. The van der Waals surface area contributed by atoms with Crippen molar-refractivity contribution >= 4 is 5.91 Å². The Kier molecular flexibility index (Phi) is 4.59. The highest BCUT2D eigenvalue weighted by atomic mass is 16.5. The Hall–Kier alpha value is -2.29. The monoisotopic (exact) mass is 337 g/mol. The molecule has 3 heteroatoms. The van der Waals surface area contributed by atoms with Crippen LogP contribution in [0.1, 0.15) is 54.1 Å². The second kappa shape index (κ2) is 6.55. The van der Waals surface area contributed by atoms with Crippen LogP contribution in [0, 0.1) is 20.8 Å². The maximum absolute atomic E-state index is 12.7. The first-order chi connectivity index (χ1) is 11.7. The van der Waals surface area contributed by atoms with Gasteiger partial charge in [-0.2, -0.15) is 0 Å². The van der Waals surface area contributed by atoms with Gasteiger partial charge in [-0.15, -0.1) is 0 Å². The zero-order valence-electron chi connectivity index (χ0n) is 15.8. The minimum Gasteiger partial charge on any atom is -0.487 e. The molecule has 3 nitrogen and oxygen atoms in total. The van der Waals surface area contributed by atoms with E-state index < -0.39 is 0 Å². The maximum atomic E-state index is 12.7. The topological polar surface area (TPSA) is 38.3 Å². The van der Waals surface area contributed by atoms with E-state index in [1.165, 1.54) is 16.7 Å². The van der Waals surface area contributed by atoms with Crippen LogP contribution in [-0.2, 0) is 11.2 Å². The van der Waals surface area contributed by atoms with Gasteiger partial charge in [-0.25, -0.2) is 0 Å². The summed E-state index contributed by atoms with van der Waals surface area (Å²) >= 11 is 0.